The monoisotopic (exact) mass is 478 g/mol. The molecule has 1 aromatic heterocycles. The molecule has 1 amide bonds. The fourth-order valence-electron chi connectivity index (χ4n) is 4.94. The van der Waals surface area contributed by atoms with Crippen LogP contribution in [0.3, 0.4) is 0 Å². The smallest absolute Gasteiger partial charge is 0.321 e. The minimum atomic E-state index is -3.45. The lowest BCUT2D eigenvalue weighted by atomic mass is 9.99. The van der Waals surface area contributed by atoms with Crippen LogP contribution in [0.15, 0.2) is 79.0 Å². The SMILES string of the molecule is C[C@H]1CC(NC(=O)C(C)(F)F)[C@@H](c2ccccc2)N1c1ccc2c(cnn2-c2ccc(F)cc2)c1. The van der Waals surface area contributed by atoms with Crippen molar-refractivity contribution in [3.05, 3.63) is 90.4 Å². The molecule has 0 bridgehead atoms. The Morgan fingerprint density at radius 2 is 1.71 bits per heavy atom. The molecule has 5 nitrogen and oxygen atoms in total. The predicted molar refractivity (Wildman–Crippen MR) is 129 cm³/mol. The topological polar surface area (TPSA) is 50.2 Å². The number of carbonyl (C=O) groups is 1. The zero-order valence-electron chi connectivity index (χ0n) is 19.3. The Bertz CT molecular complexity index is 1350. The van der Waals surface area contributed by atoms with Gasteiger partial charge in [-0.25, -0.2) is 9.07 Å². The van der Waals surface area contributed by atoms with Crippen LogP contribution in [0.5, 0.6) is 0 Å². The number of hydrogen-bond donors (Lipinski definition) is 1. The van der Waals surface area contributed by atoms with Crippen molar-refractivity contribution in [3.8, 4) is 5.69 Å². The van der Waals surface area contributed by atoms with Crippen LogP contribution in [-0.4, -0.2) is 33.7 Å². The summed E-state index contributed by atoms with van der Waals surface area (Å²) in [4.78, 5) is 14.3. The lowest BCUT2D eigenvalue weighted by Crippen LogP contribution is -2.46. The van der Waals surface area contributed by atoms with Gasteiger partial charge in [-0.05, 0) is 61.4 Å². The molecule has 4 aromatic rings. The van der Waals surface area contributed by atoms with Crippen LogP contribution in [0.4, 0.5) is 18.9 Å². The van der Waals surface area contributed by atoms with Crippen LogP contribution in [0.25, 0.3) is 16.6 Å². The summed E-state index contributed by atoms with van der Waals surface area (Å²) in [5.74, 6) is -5.04. The Kier molecular flexibility index (Phi) is 5.75. The highest BCUT2D eigenvalue weighted by molar-refractivity contribution is 5.85. The standard InChI is InChI=1S/C27H25F3N4O/c1-17-14-23(32-26(35)27(2,29)30)25(18-6-4-3-5-7-18)33(17)22-12-13-24-19(15-22)16-31-34(24)21-10-8-20(28)9-11-21/h3-13,15-17,23,25H,14H2,1-2H3,(H,32,35)/t17-,23?,25+/m0/s1. The molecule has 1 unspecified atom stereocenters. The maximum Gasteiger partial charge on any atom is 0.321 e. The third kappa shape index (κ3) is 4.36. The van der Waals surface area contributed by atoms with Gasteiger partial charge in [0.1, 0.15) is 5.82 Å². The number of carbonyl (C=O) groups excluding carboxylic acids is 1. The first-order valence-electron chi connectivity index (χ1n) is 11.5. The van der Waals surface area contributed by atoms with E-state index < -0.39 is 17.9 Å². The first-order valence-corrected chi connectivity index (χ1v) is 11.5. The quantitative estimate of drug-likeness (QED) is 0.404. The Hall–Kier alpha value is -3.81. The van der Waals surface area contributed by atoms with Crippen molar-refractivity contribution in [2.75, 3.05) is 4.90 Å². The van der Waals surface area contributed by atoms with Gasteiger partial charge in [0.25, 0.3) is 5.91 Å². The molecule has 35 heavy (non-hydrogen) atoms. The van der Waals surface area contributed by atoms with E-state index in [-0.39, 0.29) is 17.9 Å². The molecule has 0 spiro atoms. The number of alkyl halides is 2. The maximum atomic E-state index is 13.7. The molecule has 5 rings (SSSR count). The second-order valence-electron chi connectivity index (χ2n) is 9.09. The van der Waals surface area contributed by atoms with Gasteiger partial charge < -0.3 is 10.2 Å². The van der Waals surface area contributed by atoms with E-state index in [0.29, 0.717) is 13.3 Å². The van der Waals surface area contributed by atoms with Crippen molar-refractivity contribution in [1.29, 1.82) is 0 Å². The van der Waals surface area contributed by atoms with Gasteiger partial charge in [0.05, 0.1) is 29.5 Å². The molecule has 0 aliphatic carbocycles. The molecule has 3 aromatic carbocycles. The van der Waals surface area contributed by atoms with E-state index in [0.717, 1.165) is 27.8 Å². The van der Waals surface area contributed by atoms with Crippen molar-refractivity contribution in [1.82, 2.24) is 15.1 Å². The Morgan fingerprint density at radius 1 is 1.03 bits per heavy atom. The minimum absolute atomic E-state index is 0.0134. The zero-order valence-corrected chi connectivity index (χ0v) is 19.3. The number of amides is 1. The number of nitrogens with zero attached hydrogens (tertiary/aromatic N) is 3. The first kappa shape index (κ1) is 23.0. The number of fused-ring (bicyclic) bond motifs is 1. The van der Waals surface area contributed by atoms with Crippen LogP contribution in [0.1, 0.15) is 31.9 Å². The molecule has 1 fully saturated rings. The van der Waals surface area contributed by atoms with Crippen molar-refractivity contribution in [2.24, 2.45) is 0 Å². The maximum absolute atomic E-state index is 13.7. The largest absolute Gasteiger partial charge is 0.360 e. The number of anilines is 1. The number of halogens is 3. The first-order chi connectivity index (χ1) is 16.7. The zero-order chi connectivity index (χ0) is 24.7. The van der Waals surface area contributed by atoms with Gasteiger partial charge in [-0.1, -0.05) is 30.3 Å². The lowest BCUT2D eigenvalue weighted by Gasteiger charge is -2.33. The van der Waals surface area contributed by atoms with Crippen molar-refractivity contribution < 1.29 is 18.0 Å². The second-order valence-corrected chi connectivity index (χ2v) is 9.09. The van der Waals surface area contributed by atoms with Gasteiger partial charge in [0.2, 0.25) is 0 Å². The van der Waals surface area contributed by atoms with Crippen molar-refractivity contribution in [2.45, 2.75) is 44.3 Å². The molecule has 180 valence electrons. The van der Waals surface area contributed by atoms with E-state index in [4.69, 9.17) is 0 Å². The van der Waals surface area contributed by atoms with Crippen molar-refractivity contribution >= 4 is 22.5 Å². The van der Waals surface area contributed by atoms with E-state index >= 15 is 0 Å². The third-order valence-corrected chi connectivity index (χ3v) is 6.53. The van der Waals surface area contributed by atoms with Gasteiger partial charge in [-0.15, -0.1) is 0 Å². The summed E-state index contributed by atoms with van der Waals surface area (Å²) < 4.78 is 42.5. The molecule has 2 heterocycles. The summed E-state index contributed by atoms with van der Waals surface area (Å²) >= 11 is 0. The number of rotatable bonds is 5. The van der Waals surface area contributed by atoms with Crippen LogP contribution < -0.4 is 10.2 Å². The number of benzene rings is 3. The highest BCUT2D eigenvalue weighted by atomic mass is 19.3. The molecule has 1 aliphatic rings. The summed E-state index contributed by atoms with van der Waals surface area (Å²) in [6, 6.07) is 20.8. The number of hydrogen-bond acceptors (Lipinski definition) is 3. The molecular formula is C27H25F3N4O. The average Bonchev–Trinajstić information content (AvgIpc) is 3.39. The highest BCUT2D eigenvalue weighted by Crippen LogP contribution is 2.41. The number of nitrogens with one attached hydrogen (secondary N) is 1. The van der Waals surface area contributed by atoms with Crippen molar-refractivity contribution in [3.63, 3.8) is 0 Å². The van der Waals surface area contributed by atoms with Gasteiger partial charge in [0, 0.05) is 24.0 Å². The average molecular weight is 479 g/mol. The molecule has 0 saturated carbocycles. The van der Waals surface area contributed by atoms with E-state index in [1.807, 2.05) is 55.5 Å². The number of aromatic nitrogens is 2. The summed E-state index contributed by atoms with van der Waals surface area (Å²) in [6.07, 6.45) is 2.27. The third-order valence-electron chi connectivity index (χ3n) is 6.53. The second kappa shape index (κ2) is 8.76. The Morgan fingerprint density at radius 3 is 2.40 bits per heavy atom. The van der Waals surface area contributed by atoms with Crippen LogP contribution in [0.2, 0.25) is 0 Å². The molecule has 1 aliphatic heterocycles. The van der Waals surface area contributed by atoms with E-state index in [1.54, 1.807) is 23.0 Å². The van der Waals surface area contributed by atoms with E-state index in [1.165, 1.54) is 12.1 Å². The molecule has 8 heteroatoms. The fourth-order valence-corrected chi connectivity index (χ4v) is 4.94. The Labute approximate surface area is 201 Å². The van der Waals surface area contributed by atoms with Crippen LogP contribution in [-0.2, 0) is 4.79 Å². The van der Waals surface area contributed by atoms with Gasteiger partial charge in [-0.3, -0.25) is 4.79 Å². The van der Waals surface area contributed by atoms with Gasteiger partial charge >= 0.3 is 5.92 Å². The van der Waals surface area contributed by atoms with Crippen LogP contribution >= 0.6 is 0 Å². The molecule has 3 atom stereocenters. The van der Waals surface area contributed by atoms with Gasteiger partial charge in [-0.2, -0.15) is 13.9 Å². The molecule has 0 radical (unpaired) electrons. The highest BCUT2D eigenvalue weighted by Gasteiger charge is 2.43. The van der Waals surface area contributed by atoms with Crippen LogP contribution in [0, 0.1) is 5.82 Å². The van der Waals surface area contributed by atoms with E-state index in [2.05, 4.69) is 15.3 Å². The lowest BCUT2D eigenvalue weighted by molar-refractivity contribution is -0.143. The minimum Gasteiger partial charge on any atom is -0.360 e. The predicted octanol–water partition coefficient (Wildman–Crippen LogP) is 5.64. The van der Waals surface area contributed by atoms with E-state index in [9.17, 15) is 18.0 Å². The summed E-state index contributed by atoms with van der Waals surface area (Å²) in [5.41, 5.74) is 3.44. The summed E-state index contributed by atoms with van der Waals surface area (Å²) in [5, 5.41) is 7.95. The fraction of sp³-hybridized carbons (Fsp3) is 0.259. The molecular weight excluding hydrogens is 453 g/mol. The normalized spacial score (nSPS) is 20.4. The molecule has 1 N–H and O–H groups in total. The van der Waals surface area contributed by atoms with Gasteiger partial charge in [0.15, 0.2) is 0 Å². The summed E-state index contributed by atoms with van der Waals surface area (Å²) in [6.45, 7) is 2.64. The molecule has 1 saturated heterocycles. The Balaban J connectivity index is 1.53. The summed E-state index contributed by atoms with van der Waals surface area (Å²) in [7, 11) is 0.